The molecule has 29 heavy (non-hydrogen) atoms. The number of hydrogen-bond acceptors (Lipinski definition) is 3. The standard InChI is InChI=1S/C22H31N3O3S/c1-13(2)24-22(26)25-20-10-8-19(9-11-20)12-23-29(27,28)21-17(6)15(4)14(3)16(5)18(21)7/h8-11,13,23H,12H2,1-7H3,(H2,24,25,26). The number of benzene rings is 2. The molecule has 0 fully saturated rings. The van der Waals surface area contributed by atoms with Gasteiger partial charge in [-0.2, -0.15) is 0 Å². The maximum absolute atomic E-state index is 13.0. The first kappa shape index (κ1) is 22.9. The fraction of sp³-hybridized carbons (Fsp3) is 0.409. The predicted octanol–water partition coefficient (Wildman–Crippen LogP) is 4.24. The zero-order valence-corrected chi connectivity index (χ0v) is 19.0. The molecule has 0 bridgehead atoms. The third kappa shape index (κ3) is 5.36. The van der Waals surface area contributed by atoms with E-state index in [2.05, 4.69) is 15.4 Å². The molecule has 2 rings (SSSR count). The molecule has 6 nitrogen and oxygen atoms in total. The van der Waals surface area contributed by atoms with Crippen molar-refractivity contribution < 1.29 is 13.2 Å². The highest BCUT2D eigenvalue weighted by Crippen LogP contribution is 2.29. The molecule has 2 aromatic rings. The van der Waals surface area contributed by atoms with Crippen molar-refractivity contribution in [1.29, 1.82) is 0 Å². The van der Waals surface area contributed by atoms with Crippen LogP contribution in [0.15, 0.2) is 29.2 Å². The summed E-state index contributed by atoms with van der Waals surface area (Å²) in [5, 5.41) is 5.49. The summed E-state index contributed by atoms with van der Waals surface area (Å²) in [6.07, 6.45) is 0. The molecular formula is C22H31N3O3S. The molecule has 0 radical (unpaired) electrons. The minimum absolute atomic E-state index is 0.0460. The molecule has 0 unspecified atom stereocenters. The third-order valence-electron chi connectivity index (χ3n) is 5.30. The van der Waals surface area contributed by atoms with Gasteiger partial charge in [0.1, 0.15) is 0 Å². The van der Waals surface area contributed by atoms with E-state index in [9.17, 15) is 13.2 Å². The lowest BCUT2D eigenvalue weighted by molar-refractivity contribution is 0.250. The average molecular weight is 418 g/mol. The number of urea groups is 1. The summed E-state index contributed by atoms with van der Waals surface area (Å²) >= 11 is 0. The normalized spacial score (nSPS) is 11.6. The minimum Gasteiger partial charge on any atom is -0.336 e. The molecule has 2 amide bonds. The molecule has 2 aromatic carbocycles. The minimum atomic E-state index is -3.65. The van der Waals surface area contributed by atoms with Crippen molar-refractivity contribution in [3.05, 3.63) is 57.6 Å². The van der Waals surface area contributed by atoms with E-state index in [0.717, 1.165) is 33.4 Å². The molecule has 0 heterocycles. The summed E-state index contributed by atoms with van der Waals surface area (Å²) in [7, 11) is -3.65. The highest BCUT2D eigenvalue weighted by Gasteiger charge is 2.23. The Labute approximate surface area is 174 Å². The molecule has 0 aliphatic heterocycles. The van der Waals surface area contributed by atoms with E-state index < -0.39 is 10.0 Å². The summed E-state index contributed by atoms with van der Waals surface area (Å²) in [5.74, 6) is 0. The summed E-state index contributed by atoms with van der Waals surface area (Å²) in [4.78, 5) is 12.1. The Morgan fingerprint density at radius 2 is 1.34 bits per heavy atom. The van der Waals surface area contributed by atoms with Crippen LogP contribution >= 0.6 is 0 Å². The van der Waals surface area contributed by atoms with Crippen LogP contribution in [0.25, 0.3) is 0 Å². The zero-order chi connectivity index (χ0) is 21.9. The van der Waals surface area contributed by atoms with Crippen LogP contribution in [0.3, 0.4) is 0 Å². The van der Waals surface area contributed by atoms with Crippen molar-refractivity contribution in [2.75, 3.05) is 5.32 Å². The second-order valence-electron chi connectivity index (χ2n) is 7.73. The third-order valence-corrected chi connectivity index (χ3v) is 6.97. The maximum Gasteiger partial charge on any atom is 0.319 e. The van der Waals surface area contributed by atoms with Crippen molar-refractivity contribution in [1.82, 2.24) is 10.0 Å². The number of anilines is 1. The van der Waals surface area contributed by atoms with Crippen LogP contribution in [-0.4, -0.2) is 20.5 Å². The molecule has 7 heteroatoms. The van der Waals surface area contributed by atoms with Crippen LogP contribution in [0.5, 0.6) is 0 Å². The van der Waals surface area contributed by atoms with Crippen LogP contribution < -0.4 is 15.4 Å². The zero-order valence-electron chi connectivity index (χ0n) is 18.2. The van der Waals surface area contributed by atoms with Crippen LogP contribution in [-0.2, 0) is 16.6 Å². The molecule has 0 aromatic heterocycles. The number of sulfonamides is 1. The van der Waals surface area contributed by atoms with Gasteiger partial charge >= 0.3 is 6.03 Å². The van der Waals surface area contributed by atoms with E-state index in [1.807, 2.05) is 48.5 Å². The number of carbonyl (C=O) groups is 1. The Morgan fingerprint density at radius 3 is 1.83 bits per heavy atom. The fourth-order valence-corrected chi connectivity index (χ4v) is 4.87. The van der Waals surface area contributed by atoms with Crippen molar-refractivity contribution in [3.63, 3.8) is 0 Å². The molecule has 0 saturated heterocycles. The van der Waals surface area contributed by atoms with Crippen molar-refractivity contribution >= 4 is 21.7 Å². The smallest absolute Gasteiger partial charge is 0.319 e. The Bertz CT molecular complexity index is 982. The van der Waals surface area contributed by atoms with Gasteiger partial charge in [0.2, 0.25) is 10.0 Å². The summed E-state index contributed by atoms with van der Waals surface area (Å²) in [6, 6.07) is 6.85. The van der Waals surface area contributed by atoms with Gasteiger partial charge in [0, 0.05) is 18.3 Å². The number of nitrogens with one attached hydrogen (secondary N) is 3. The topological polar surface area (TPSA) is 87.3 Å². The number of rotatable bonds is 6. The Morgan fingerprint density at radius 1 is 0.862 bits per heavy atom. The Balaban J connectivity index is 2.15. The second kappa shape index (κ2) is 8.97. The lowest BCUT2D eigenvalue weighted by atomic mass is 9.95. The van der Waals surface area contributed by atoms with Crippen molar-refractivity contribution in [2.24, 2.45) is 0 Å². The van der Waals surface area contributed by atoms with Gasteiger partial charge in [0.05, 0.1) is 4.90 Å². The van der Waals surface area contributed by atoms with Crippen molar-refractivity contribution in [2.45, 2.75) is 65.9 Å². The van der Waals surface area contributed by atoms with Gasteiger partial charge in [-0.05, 0) is 94.0 Å². The fourth-order valence-electron chi connectivity index (χ4n) is 3.25. The van der Waals surface area contributed by atoms with E-state index in [1.54, 1.807) is 24.3 Å². The molecule has 0 saturated carbocycles. The van der Waals surface area contributed by atoms with Crippen LogP contribution in [0.1, 0.15) is 47.2 Å². The largest absolute Gasteiger partial charge is 0.336 e. The lowest BCUT2D eigenvalue weighted by Crippen LogP contribution is -2.34. The molecule has 158 valence electrons. The summed E-state index contributed by atoms with van der Waals surface area (Å²) in [5.41, 5.74) is 6.16. The van der Waals surface area contributed by atoms with Gasteiger partial charge in [0.15, 0.2) is 0 Å². The monoisotopic (exact) mass is 417 g/mol. The highest BCUT2D eigenvalue weighted by atomic mass is 32.2. The SMILES string of the molecule is Cc1c(C)c(C)c(S(=O)(=O)NCc2ccc(NC(=O)NC(C)C)cc2)c(C)c1C. The van der Waals surface area contributed by atoms with E-state index >= 15 is 0 Å². The average Bonchev–Trinajstić information content (AvgIpc) is 2.63. The molecule has 0 spiro atoms. The first-order valence-corrected chi connectivity index (χ1v) is 11.2. The van der Waals surface area contributed by atoms with Crippen LogP contribution in [0, 0.1) is 34.6 Å². The van der Waals surface area contributed by atoms with Crippen molar-refractivity contribution in [3.8, 4) is 0 Å². The van der Waals surface area contributed by atoms with Gasteiger partial charge in [-0.15, -0.1) is 0 Å². The first-order valence-electron chi connectivity index (χ1n) is 9.67. The molecule has 0 aliphatic carbocycles. The summed E-state index contributed by atoms with van der Waals surface area (Å²) in [6.45, 7) is 13.6. The molecular weight excluding hydrogens is 386 g/mol. The van der Waals surface area contributed by atoms with Gasteiger partial charge in [-0.3, -0.25) is 0 Å². The van der Waals surface area contributed by atoms with E-state index in [-0.39, 0.29) is 18.6 Å². The van der Waals surface area contributed by atoms with E-state index in [0.29, 0.717) is 10.6 Å². The Hall–Kier alpha value is -2.38. The predicted molar refractivity (Wildman–Crippen MR) is 118 cm³/mol. The quantitative estimate of drug-likeness (QED) is 0.657. The second-order valence-corrected chi connectivity index (χ2v) is 9.43. The van der Waals surface area contributed by atoms with Gasteiger partial charge in [-0.25, -0.2) is 17.9 Å². The first-order chi connectivity index (χ1) is 13.4. The van der Waals surface area contributed by atoms with Gasteiger partial charge in [0.25, 0.3) is 0 Å². The molecule has 0 aliphatic rings. The van der Waals surface area contributed by atoms with Crippen LogP contribution in [0.4, 0.5) is 10.5 Å². The lowest BCUT2D eigenvalue weighted by Gasteiger charge is -2.19. The highest BCUT2D eigenvalue weighted by molar-refractivity contribution is 7.89. The molecule has 3 N–H and O–H groups in total. The number of carbonyl (C=O) groups excluding carboxylic acids is 1. The van der Waals surface area contributed by atoms with Gasteiger partial charge in [-0.1, -0.05) is 12.1 Å². The van der Waals surface area contributed by atoms with E-state index in [1.165, 1.54) is 0 Å². The van der Waals surface area contributed by atoms with E-state index in [4.69, 9.17) is 0 Å². The maximum atomic E-state index is 13.0. The number of hydrogen-bond donors (Lipinski definition) is 3. The number of amides is 2. The van der Waals surface area contributed by atoms with Crippen LogP contribution in [0.2, 0.25) is 0 Å². The van der Waals surface area contributed by atoms with Gasteiger partial charge < -0.3 is 10.6 Å². The molecule has 0 atom stereocenters. The summed E-state index contributed by atoms with van der Waals surface area (Å²) < 4.78 is 28.7. The Kier molecular flexibility index (Phi) is 7.08.